The molecule has 1 aliphatic heterocycles. The Hall–Kier alpha value is -2.10. The van der Waals surface area contributed by atoms with Crippen molar-refractivity contribution in [1.82, 2.24) is 0 Å². The first kappa shape index (κ1) is 13.3. The normalized spacial score (nSPS) is 35.3. The zero-order valence-corrected chi connectivity index (χ0v) is 13.1. The van der Waals surface area contributed by atoms with Gasteiger partial charge in [-0.2, -0.15) is 0 Å². The standard InChI is InChI=1S/C19H19NO3/c1-2-23-14-6-4-3-5-13(14)20-17(21)15-11-7-8-12(16(15)18(20)22)19(11)9-10-19/h3-8,11-12,15-16H,2,9-10H2,1H3/t11-,12-,15-,16+/m0/s1. The second-order valence-corrected chi connectivity index (χ2v) is 7.13. The molecule has 1 spiro atoms. The van der Waals surface area contributed by atoms with E-state index < -0.39 is 0 Å². The molecule has 3 aliphatic carbocycles. The van der Waals surface area contributed by atoms with Gasteiger partial charge >= 0.3 is 0 Å². The number of hydrogen-bond acceptors (Lipinski definition) is 3. The van der Waals surface area contributed by atoms with Gasteiger partial charge in [-0.15, -0.1) is 0 Å². The van der Waals surface area contributed by atoms with Crippen molar-refractivity contribution < 1.29 is 14.3 Å². The number of para-hydroxylation sites is 2. The first-order chi connectivity index (χ1) is 11.2. The van der Waals surface area contributed by atoms with Gasteiger partial charge in [0.05, 0.1) is 24.1 Å². The van der Waals surface area contributed by atoms with Crippen molar-refractivity contribution in [1.29, 1.82) is 0 Å². The van der Waals surface area contributed by atoms with Crippen LogP contribution in [0.4, 0.5) is 5.69 Å². The summed E-state index contributed by atoms with van der Waals surface area (Å²) in [5, 5.41) is 0. The number of imide groups is 1. The van der Waals surface area contributed by atoms with Gasteiger partial charge < -0.3 is 4.74 Å². The van der Waals surface area contributed by atoms with Crippen molar-refractivity contribution in [2.75, 3.05) is 11.5 Å². The number of amides is 2. The molecule has 1 aromatic rings. The molecule has 4 atom stereocenters. The van der Waals surface area contributed by atoms with E-state index in [1.54, 1.807) is 0 Å². The highest BCUT2D eigenvalue weighted by molar-refractivity contribution is 6.23. The minimum absolute atomic E-state index is 0.0321. The van der Waals surface area contributed by atoms with E-state index >= 15 is 0 Å². The van der Waals surface area contributed by atoms with Crippen LogP contribution in [0, 0.1) is 29.1 Å². The van der Waals surface area contributed by atoms with Gasteiger partial charge in [-0.1, -0.05) is 24.3 Å². The Kier molecular flexibility index (Phi) is 2.47. The summed E-state index contributed by atoms with van der Waals surface area (Å²) in [4.78, 5) is 27.5. The Labute approximate surface area is 135 Å². The third-order valence-electron chi connectivity index (χ3n) is 6.26. The molecule has 118 valence electrons. The molecule has 3 fully saturated rings. The van der Waals surface area contributed by atoms with E-state index in [2.05, 4.69) is 12.2 Å². The van der Waals surface area contributed by atoms with Crippen molar-refractivity contribution in [2.45, 2.75) is 19.8 Å². The van der Waals surface area contributed by atoms with Crippen LogP contribution in [0.5, 0.6) is 5.75 Å². The highest BCUT2D eigenvalue weighted by atomic mass is 16.5. The molecule has 0 radical (unpaired) electrons. The second-order valence-electron chi connectivity index (χ2n) is 7.13. The monoisotopic (exact) mass is 309 g/mol. The topological polar surface area (TPSA) is 46.6 Å². The van der Waals surface area contributed by atoms with Crippen LogP contribution >= 0.6 is 0 Å². The minimum Gasteiger partial charge on any atom is -0.492 e. The Morgan fingerprint density at radius 1 is 1.09 bits per heavy atom. The zero-order chi connectivity index (χ0) is 15.8. The molecule has 1 aromatic carbocycles. The van der Waals surface area contributed by atoms with Crippen molar-refractivity contribution >= 4 is 17.5 Å². The van der Waals surface area contributed by atoms with E-state index in [-0.39, 0.29) is 40.9 Å². The molecule has 2 amide bonds. The Balaban J connectivity index is 1.56. The van der Waals surface area contributed by atoms with Gasteiger partial charge in [0.2, 0.25) is 11.8 Å². The number of fused-ring (bicyclic) bond motifs is 3. The summed E-state index contributed by atoms with van der Waals surface area (Å²) >= 11 is 0. The molecule has 0 N–H and O–H groups in total. The van der Waals surface area contributed by atoms with Gasteiger partial charge in [-0.05, 0) is 49.1 Å². The molecule has 4 nitrogen and oxygen atoms in total. The van der Waals surface area contributed by atoms with Crippen LogP contribution in [0.25, 0.3) is 0 Å². The molecule has 2 saturated carbocycles. The van der Waals surface area contributed by atoms with Gasteiger partial charge in [0, 0.05) is 0 Å². The molecule has 1 saturated heterocycles. The van der Waals surface area contributed by atoms with Crippen molar-refractivity contribution in [3.05, 3.63) is 36.4 Å². The fourth-order valence-electron chi connectivity index (χ4n) is 5.24. The van der Waals surface area contributed by atoms with Crippen molar-refractivity contribution in [2.24, 2.45) is 29.1 Å². The number of ether oxygens (including phenoxy) is 1. The average molecular weight is 309 g/mol. The summed E-state index contributed by atoms with van der Waals surface area (Å²) in [6.45, 7) is 2.41. The van der Waals surface area contributed by atoms with E-state index in [1.165, 1.54) is 17.7 Å². The number of anilines is 1. The van der Waals surface area contributed by atoms with Crippen LogP contribution < -0.4 is 9.64 Å². The molecule has 23 heavy (non-hydrogen) atoms. The number of allylic oxidation sites excluding steroid dienone is 2. The maximum atomic E-state index is 13.1. The van der Waals surface area contributed by atoms with E-state index in [0.717, 1.165) is 0 Å². The summed E-state index contributed by atoms with van der Waals surface area (Å²) in [5.74, 6) is 0.754. The number of nitrogens with zero attached hydrogens (tertiary/aromatic N) is 1. The van der Waals surface area contributed by atoms with Gasteiger partial charge in [-0.3, -0.25) is 9.59 Å². The first-order valence-corrected chi connectivity index (χ1v) is 8.47. The maximum Gasteiger partial charge on any atom is 0.238 e. The van der Waals surface area contributed by atoms with E-state index in [0.29, 0.717) is 18.0 Å². The SMILES string of the molecule is CCOc1ccccc1N1C(=O)[C@@H]2[C@H](C1=O)[C@@H]1C=C[C@@H]2C12CC2. The molecule has 0 unspecified atom stereocenters. The predicted molar refractivity (Wildman–Crippen MR) is 84.9 cm³/mol. The molecule has 2 bridgehead atoms. The molecule has 0 aromatic heterocycles. The average Bonchev–Trinajstić information content (AvgIpc) is 3.15. The van der Waals surface area contributed by atoms with Crippen LogP contribution in [0.3, 0.4) is 0 Å². The Bertz CT molecular complexity index is 715. The third kappa shape index (κ3) is 1.47. The molecule has 4 aliphatic rings. The van der Waals surface area contributed by atoms with Crippen LogP contribution in [0.2, 0.25) is 0 Å². The second kappa shape index (κ2) is 4.25. The lowest BCUT2D eigenvalue weighted by molar-refractivity contribution is -0.123. The quantitative estimate of drug-likeness (QED) is 0.637. The fraction of sp³-hybridized carbons (Fsp3) is 0.474. The van der Waals surface area contributed by atoms with E-state index in [1.807, 2.05) is 31.2 Å². The van der Waals surface area contributed by atoms with Crippen LogP contribution in [0.1, 0.15) is 19.8 Å². The zero-order valence-electron chi connectivity index (χ0n) is 13.1. The number of carbonyl (C=O) groups is 2. The predicted octanol–water partition coefficient (Wildman–Crippen LogP) is 2.79. The van der Waals surface area contributed by atoms with E-state index in [4.69, 9.17) is 4.74 Å². The molecular weight excluding hydrogens is 290 g/mol. The number of rotatable bonds is 3. The third-order valence-corrected chi connectivity index (χ3v) is 6.26. The lowest BCUT2D eigenvalue weighted by atomic mass is 9.85. The molecular formula is C19H19NO3. The summed E-state index contributed by atoms with van der Waals surface area (Å²) in [7, 11) is 0. The summed E-state index contributed by atoms with van der Waals surface area (Å²) in [6.07, 6.45) is 6.72. The first-order valence-electron chi connectivity index (χ1n) is 8.47. The lowest BCUT2D eigenvalue weighted by Gasteiger charge is -2.23. The largest absolute Gasteiger partial charge is 0.492 e. The fourth-order valence-corrected chi connectivity index (χ4v) is 5.24. The van der Waals surface area contributed by atoms with Gasteiger partial charge in [0.15, 0.2) is 0 Å². The Morgan fingerprint density at radius 2 is 1.70 bits per heavy atom. The van der Waals surface area contributed by atoms with Gasteiger partial charge in [0.1, 0.15) is 5.75 Å². The molecule has 5 rings (SSSR count). The highest BCUT2D eigenvalue weighted by Crippen LogP contribution is 2.73. The van der Waals surface area contributed by atoms with Crippen LogP contribution in [0.15, 0.2) is 36.4 Å². The Morgan fingerprint density at radius 3 is 2.26 bits per heavy atom. The van der Waals surface area contributed by atoms with Crippen LogP contribution in [-0.2, 0) is 9.59 Å². The number of carbonyl (C=O) groups excluding carboxylic acids is 2. The summed E-state index contributed by atoms with van der Waals surface area (Å²) in [5.41, 5.74) is 0.842. The summed E-state index contributed by atoms with van der Waals surface area (Å²) in [6, 6.07) is 7.35. The van der Waals surface area contributed by atoms with Gasteiger partial charge in [-0.25, -0.2) is 4.90 Å². The minimum atomic E-state index is -0.158. The molecule has 4 heteroatoms. The lowest BCUT2D eigenvalue weighted by Crippen LogP contribution is -2.35. The summed E-state index contributed by atoms with van der Waals surface area (Å²) < 4.78 is 5.63. The van der Waals surface area contributed by atoms with Crippen molar-refractivity contribution in [3.8, 4) is 5.75 Å². The van der Waals surface area contributed by atoms with Crippen LogP contribution in [-0.4, -0.2) is 18.4 Å². The maximum absolute atomic E-state index is 13.1. The number of hydrogen-bond donors (Lipinski definition) is 0. The molecule has 1 heterocycles. The smallest absolute Gasteiger partial charge is 0.238 e. The highest BCUT2D eigenvalue weighted by Gasteiger charge is 2.73. The van der Waals surface area contributed by atoms with Gasteiger partial charge in [0.25, 0.3) is 0 Å². The van der Waals surface area contributed by atoms with Crippen molar-refractivity contribution in [3.63, 3.8) is 0 Å². The number of benzene rings is 1. The van der Waals surface area contributed by atoms with E-state index in [9.17, 15) is 9.59 Å².